The van der Waals surface area contributed by atoms with E-state index in [9.17, 15) is 0 Å². The van der Waals surface area contributed by atoms with Crippen LogP contribution < -0.4 is 4.90 Å². The summed E-state index contributed by atoms with van der Waals surface area (Å²) < 4.78 is 0. The summed E-state index contributed by atoms with van der Waals surface area (Å²) in [5.41, 5.74) is 2.28. The highest BCUT2D eigenvalue weighted by Gasteiger charge is 2.13. The number of nitrogens with zero attached hydrogens (tertiary/aromatic N) is 2. The molecular formula is C12H14N2. The fourth-order valence-electron chi connectivity index (χ4n) is 1.63. The Morgan fingerprint density at radius 1 is 1.21 bits per heavy atom. The molecule has 1 aromatic rings. The van der Waals surface area contributed by atoms with Crippen LogP contribution in [0.4, 0.5) is 5.69 Å². The lowest BCUT2D eigenvalue weighted by Gasteiger charge is -2.27. The fourth-order valence-corrected chi connectivity index (χ4v) is 1.63. The fraction of sp³-hybridized carbons (Fsp3) is 0.250. The number of hydrogen-bond acceptors (Lipinski definition) is 2. The highest BCUT2D eigenvalue weighted by Crippen LogP contribution is 2.19. The van der Waals surface area contributed by atoms with E-state index in [1.54, 1.807) is 0 Å². The van der Waals surface area contributed by atoms with E-state index in [0.29, 0.717) is 6.04 Å². The van der Waals surface area contributed by atoms with Gasteiger partial charge in [0.15, 0.2) is 0 Å². The van der Waals surface area contributed by atoms with Gasteiger partial charge >= 0.3 is 0 Å². The molecule has 0 fully saturated rings. The summed E-state index contributed by atoms with van der Waals surface area (Å²) in [5, 5.41) is 0. The average Bonchev–Trinajstić information content (AvgIpc) is 2.19. The third kappa shape index (κ3) is 1.69. The highest BCUT2D eigenvalue weighted by molar-refractivity contribution is 5.82. The molecule has 1 atom stereocenters. The molecule has 14 heavy (non-hydrogen) atoms. The molecule has 0 aromatic heterocycles. The zero-order valence-electron chi connectivity index (χ0n) is 8.51. The Hall–Kier alpha value is -1.57. The van der Waals surface area contributed by atoms with Gasteiger partial charge in [0, 0.05) is 11.4 Å². The Bertz CT molecular complexity index is 365. The summed E-state index contributed by atoms with van der Waals surface area (Å²) in [6, 6.07) is 10.7. The molecule has 0 bridgehead atoms. The smallest absolute Gasteiger partial charge is 0.0958 e. The summed E-state index contributed by atoms with van der Waals surface area (Å²) in [4.78, 5) is 6.46. The zero-order chi connectivity index (χ0) is 9.97. The maximum atomic E-state index is 4.30. The largest absolute Gasteiger partial charge is 0.326 e. The molecule has 1 heterocycles. The van der Waals surface area contributed by atoms with Gasteiger partial charge in [-0.05, 0) is 32.1 Å². The number of benzene rings is 1. The van der Waals surface area contributed by atoms with Gasteiger partial charge in [0.2, 0.25) is 0 Å². The molecule has 0 radical (unpaired) electrons. The van der Waals surface area contributed by atoms with Crippen molar-refractivity contribution >= 4 is 12.0 Å². The molecular weight excluding hydrogens is 172 g/mol. The van der Waals surface area contributed by atoms with Crippen molar-refractivity contribution in [1.82, 2.24) is 0 Å². The summed E-state index contributed by atoms with van der Waals surface area (Å²) in [6.07, 6.45) is 4.06. The summed E-state index contributed by atoms with van der Waals surface area (Å²) in [5.74, 6) is 0. The first-order valence-electron chi connectivity index (χ1n) is 4.83. The molecule has 2 nitrogen and oxygen atoms in total. The lowest BCUT2D eigenvalue weighted by molar-refractivity contribution is 0.866. The number of allylic oxidation sites excluding steroid dienone is 1. The Morgan fingerprint density at radius 2 is 1.93 bits per heavy atom. The van der Waals surface area contributed by atoms with Gasteiger partial charge in [-0.3, -0.25) is 0 Å². The van der Waals surface area contributed by atoms with E-state index >= 15 is 0 Å². The molecule has 1 aliphatic heterocycles. The van der Waals surface area contributed by atoms with E-state index < -0.39 is 0 Å². The lowest BCUT2D eigenvalue weighted by Crippen LogP contribution is -2.32. The monoisotopic (exact) mass is 186 g/mol. The summed E-state index contributed by atoms with van der Waals surface area (Å²) in [7, 11) is 0. The van der Waals surface area contributed by atoms with Crippen molar-refractivity contribution in [3.63, 3.8) is 0 Å². The first kappa shape index (κ1) is 9.00. The molecule has 0 saturated heterocycles. The number of rotatable bonds is 1. The van der Waals surface area contributed by atoms with Gasteiger partial charge in [0.05, 0.1) is 12.4 Å². The molecule has 0 N–H and O–H groups in total. The van der Waals surface area contributed by atoms with Gasteiger partial charge in [0.1, 0.15) is 0 Å². The first-order valence-corrected chi connectivity index (χ1v) is 4.83. The van der Waals surface area contributed by atoms with Crippen LogP contribution in [0.25, 0.3) is 0 Å². The van der Waals surface area contributed by atoms with Crippen LogP contribution in [0.2, 0.25) is 0 Å². The maximum Gasteiger partial charge on any atom is 0.0958 e. The molecule has 1 unspecified atom stereocenters. The van der Waals surface area contributed by atoms with Gasteiger partial charge in [0.25, 0.3) is 0 Å². The van der Waals surface area contributed by atoms with Crippen molar-refractivity contribution in [3.05, 3.63) is 42.1 Å². The van der Waals surface area contributed by atoms with Gasteiger partial charge < -0.3 is 4.90 Å². The van der Waals surface area contributed by atoms with Gasteiger partial charge in [-0.25, -0.2) is 4.99 Å². The SMILES string of the molecule is CC1=CC(C)N(c2ccccc2)C=N1. The Morgan fingerprint density at radius 3 is 2.57 bits per heavy atom. The molecule has 0 amide bonds. The van der Waals surface area contributed by atoms with Crippen LogP contribution in [0.5, 0.6) is 0 Å². The molecule has 1 aromatic carbocycles. The van der Waals surface area contributed by atoms with Crippen molar-refractivity contribution in [3.8, 4) is 0 Å². The number of aliphatic imine (C=N–C) groups is 1. The molecule has 0 aliphatic carbocycles. The highest BCUT2D eigenvalue weighted by atomic mass is 15.2. The van der Waals surface area contributed by atoms with Crippen LogP contribution in [-0.4, -0.2) is 12.4 Å². The van der Waals surface area contributed by atoms with Crippen LogP contribution in [0.1, 0.15) is 13.8 Å². The van der Waals surface area contributed by atoms with Gasteiger partial charge in [-0.2, -0.15) is 0 Å². The van der Waals surface area contributed by atoms with Crippen molar-refractivity contribution in [1.29, 1.82) is 0 Å². The molecule has 2 heteroatoms. The van der Waals surface area contributed by atoms with Crippen LogP contribution in [0, 0.1) is 0 Å². The second kappa shape index (κ2) is 3.66. The van der Waals surface area contributed by atoms with Gasteiger partial charge in [-0.15, -0.1) is 0 Å². The predicted octanol–water partition coefficient (Wildman–Crippen LogP) is 2.83. The molecule has 0 spiro atoms. The van der Waals surface area contributed by atoms with E-state index in [1.807, 2.05) is 31.5 Å². The maximum absolute atomic E-state index is 4.30. The predicted molar refractivity (Wildman–Crippen MR) is 60.6 cm³/mol. The minimum absolute atomic E-state index is 0.384. The lowest BCUT2D eigenvalue weighted by atomic mass is 10.2. The zero-order valence-corrected chi connectivity index (χ0v) is 8.51. The van der Waals surface area contributed by atoms with Crippen molar-refractivity contribution < 1.29 is 0 Å². The van der Waals surface area contributed by atoms with Crippen LogP contribution in [0.3, 0.4) is 0 Å². The van der Waals surface area contributed by atoms with Crippen LogP contribution >= 0.6 is 0 Å². The number of anilines is 1. The molecule has 0 saturated carbocycles. The number of para-hydroxylation sites is 1. The van der Waals surface area contributed by atoms with Gasteiger partial charge in [-0.1, -0.05) is 18.2 Å². The Kier molecular flexibility index (Phi) is 2.35. The van der Waals surface area contributed by atoms with Crippen molar-refractivity contribution in [2.75, 3.05) is 4.90 Å². The standard InChI is InChI=1S/C12H14N2/c1-10-8-11(2)14(9-13-10)12-6-4-3-5-7-12/h3-9,11H,1-2H3. The van der Waals surface area contributed by atoms with Crippen LogP contribution in [0.15, 0.2) is 47.1 Å². The van der Waals surface area contributed by atoms with Crippen LogP contribution in [-0.2, 0) is 0 Å². The van der Waals surface area contributed by atoms with Crippen molar-refractivity contribution in [2.24, 2.45) is 4.99 Å². The minimum Gasteiger partial charge on any atom is -0.326 e. The van der Waals surface area contributed by atoms with Crippen molar-refractivity contribution in [2.45, 2.75) is 19.9 Å². The summed E-state index contributed by atoms with van der Waals surface area (Å²) >= 11 is 0. The average molecular weight is 186 g/mol. The van der Waals surface area contributed by atoms with E-state index in [-0.39, 0.29) is 0 Å². The third-order valence-corrected chi connectivity index (χ3v) is 2.36. The van der Waals surface area contributed by atoms with E-state index in [4.69, 9.17) is 0 Å². The van der Waals surface area contributed by atoms with E-state index in [2.05, 4.69) is 35.0 Å². The van der Waals surface area contributed by atoms with E-state index in [0.717, 1.165) is 5.70 Å². The topological polar surface area (TPSA) is 15.6 Å². The second-order valence-corrected chi connectivity index (χ2v) is 3.54. The van der Waals surface area contributed by atoms with E-state index in [1.165, 1.54) is 5.69 Å². The third-order valence-electron chi connectivity index (χ3n) is 2.36. The Labute approximate surface area is 84.6 Å². The normalized spacial score (nSPS) is 20.9. The first-order chi connectivity index (χ1) is 6.77. The quantitative estimate of drug-likeness (QED) is 0.658. The minimum atomic E-state index is 0.384. The number of hydrogen-bond donors (Lipinski definition) is 0. The summed E-state index contributed by atoms with van der Waals surface area (Å²) in [6.45, 7) is 4.19. The Balaban J connectivity index is 2.26. The molecule has 1 aliphatic rings. The molecule has 72 valence electrons. The molecule has 2 rings (SSSR count). The second-order valence-electron chi connectivity index (χ2n) is 3.54.